The number of nitrogens with one attached hydrogen (secondary N) is 1. The second-order valence-corrected chi connectivity index (χ2v) is 5.70. The average molecular weight is 197 g/mol. The number of hydrogen-bond donors (Lipinski definition) is 1. The van der Waals surface area contributed by atoms with Crippen molar-refractivity contribution in [1.29, 1.82) is 0 Å². The van der Waals surface area contributed by atoms with Crippen LogP contribution in [0.5, 0.6) is 0 Å². The molecule has 0 bridgehead atoms. The molecular formula is C12H23NO. The van der Waals surface area contributed by atoms with Gasteiger partial charge in [0.05, 0.1) is 6.10 Å². The highest BCUT2D eigenvalue weighted by Crippen LogP contribution is 2.51. The standard InChI is InChI=1S/C12H23NO/c1-9-6-11(4-5-14-9)13-8-10-7-12(10,2)3/h9-11,13H,4-8H2,1-3H3. The van der Waals surface area contributed by atoms with Crippen LogP contribution in [0.3, 0.4) is 0 Å². The summed E-state index contributed by atoms with van der Waals surface area (Å²) in [5.74, 6) is 0.917. The van der Waals surface area contributed by atoms with Gasteiger partial charge in [-0.15, -0.1) is 0 Å². The van der Waals surface area contributed by atoms with Crippen LogP contribution >= 0.6 is 0 Å². The molecule has 1 saturated carbocycles. The van der Waals surface area contributed by atoms with Crippen LogP contribution in [0.2, 0.25) is 0 Å². The van der Waals surface area contributed by atoms with Crippen LogP contribution in [0.15, 0.2) is 0 Å². The lowest BCUT2D eigenvalue weighted by Crippen LogP contribution is -2.39. The summed E-state index contributed by atoms with van der Waals surface area (Å²) in [6.07, 6.45) is 4.23. The van der Waals surface area contributed by atoms with Crippen molar-refractivity contribution in [3.8, 4) is 0 Å². The lowest BCUT2D eigenvalue weighted by Gasteiger charge is -2.28. The molecule has 0 aromatic carbocycles. The van der Waals surface area contributed by atoms with E-state index in [9.17, 15) is 0 Å². The van der Waals surface area contributed by atoms with Gasteiger partial charge in [-0.25, -0.2) is 0 Å². The van der Waals surface area contributed by atoms with E-state index in [0.29, 0.717) is 17.6 Å². The minimum absolute atomic E-state index is 0.452. The van der Waals surface area contributed by atoms with Gasteiger partial charge >= 0.3 is 0 Å². The Labute approximate surface area is 87.4 Å². The van der Waals surface area contributed by atoms with Crippen LogP contribution in [-0.4, -0.2) is 25.3 Å². The van der Waals surface area contributed by atoms with Crippen molar-refractivity contribution in [1.82, 2.24) is 5.32 Å². The highest BCUT2D eigenvalue weighted by atomic mass is 16.5. The summed E-state index contributed by atoms with van der Waals surface area (Å²) in [5.41, 5.74) is 0.615. The molecule has 82 valence electrons. The van der Waals surface area contributed by atoms with Gasteiger partial charge in [-0.3, -0.25) is 0 Å². The predicted octanol–water partition coefficient (Wildman–Crippen LogP) is 2.19. The summed E-state index contributed by atoms with van der Waals surface area (Å²) in [6.45, 7) is 9.06. The van der Waals surface area contributed by atoms with Gasteiger partial charge in [-0.2, -0.15) is 0 Å². The maximum absolute atomic E-state index is 5.53. The van der Waals surface area contributed by atoms with Gasteiger partial charge in [0.2, 0.25) is 0 Å². The molecule has 3 unspecified atom stereocenters. The molecule has 2 rings (SSSR count). The molecule has 2 nitrogen and oxygen atoms in total. The summed E-state index contributed by atoms with van der Waals surface area (Å²) in [6, 6.07) is 0.704. The molecular weight excluding hydrogens is 174 g/mol. The minimum atomic E-state index is 0.452. The average Bonchev–Trinajstić information content (AvgIpc) is 2.71. The lowest BCUT2D eigenvalue weighted by atomic mass is 10.0. The fourth-order valence-corrected chi connectivity index (χ4v) is 2.42. The Kier molecular flexibility index (Phi) is 2.85. The van der Waals surface area contributed by atoms with Crippen molar-refractivity contribution in [2.45, 2.75) is 52.2 Å². The summed E-state index contributed by atoms with van der Waals surface area (Å²) in [7, 11) is 0. The molecule has 2 aliphatic rings. The molecule has 0 radical (unpaired) electrons. The second kappa shape index (κ2) is 3.82. The first-order chi connectivity index (χ1) is 6.58. The normalized spacial score (nSPS) is 40.9. The quantitative estimate of drug-likeness (QED) is 0.749. The van der Waals surface area contributed by atoms with E-state index in [2.05, 4.69) is 26.1 Å². The predicted molar refractivity (Wildman–Crippen MR) is 58.3 cm³/mol. The van der Waals surface area contributed by atoms with Crippen molar-refractivity contribution < 1.29 is 4.74 Å². The molecule has 1 aliphatic carbocycles. The van der Waals surface area contributed by atoms with E-state index in [0.717, 1.165) is 12.5 Å². The molecule has 1 saturated heterocycles. The number of hydrogen-bond acceptors (Lipinski definition) is 2. The smallest absolute Gasteiger partial charge is 0.0561 e. The third-order valence-corrected chi connectivity index (χ3v) is 3.86. The first kappa shape index (κ1) is 10.4. The minimum Gasteiger partial charge on any atom is -0.378 e. The van der Waals surface area contributed by atoms with Gasteiger partial charge < -0.3 is 10.1 Å². The molecule has 2 fully saturated rings. The van der Waals surface area contributed by atoms with Crippen LogP contribution in [0.4, 0.5) is 0 Å². The van der Waals surface area contributed by atoms with Crippen molar-refractivity contribution in [3.05, 3.63) is 0 Å². The zero-order valence-corrected chi connectivity index (χ0v) is 9.68. The van der Waals surface area contributed by atoms with Crippen LogP contribution in [-0.2, 0) is 4.74 Å². The molecule has 1 aliphatic heterocycles. The topological polar surface area (TPSA) is 21.3 Å². The molecule has 1 heterocycles. The highest BCUT2D eigenvalue weighted by Gasteiger charge is 2.45. The van der Waals surface area contributed by atoms with Gasteiger partial charge in [-0.05, 0) is 44.1 Å². The second-order valence-electron chi connectivity index (χ2n) is 5.70. The molecule has 0 spiro atoms. The van der Waals surface area contributed by atoms with Gasteiger partial charge in [0.25, 0.3) is 0 Å². The number of rotatable bonds is 3. The Morgan fingerprint density at radius 3 is 2.71 bits per heavy atom. The maximum atomic E-state index is 5.53. The van der Waals surface area contributed by atoms with E-state index in [1.807, 2.05) is 0 Å². The van der Waals surface area contributed by atoms with E-state index in [4.69, 9.17) is 4.74 Å². The van der Waals surface area contributed by atoms with E-state index in [1.54, 1.807) is 0 Å². The van der Waals surface area contributed by atoms with Gasteiger partial charge in [0.1, 0.15) is 0 Å². The third-order valence-electron chi connectivity index (χ3n) is 3.86. The molecule has 2 heteroatoms. The van der Waals surface area contributed by atoms with Crippen molar-refractivity contribution >= 4 is 0 Å². The fourth-order valence-electron chi connectivity index (χ4n) is 2.42. The van der Waals surface area contributed by atoms with Gasteiger partial charge in [0.15, 0.2) is 0 Å². The summed E-state index contributed by atoms with van der Waals surface area (Å²) >= 11 is 0. The molecule has 3 atom stereocenters. The van der Waals surface area contributed by atoms with Crippen LogP contribution in [0.25, 0.3) is 0 Å². The molecule has 0 aromatic rings. The molecule has 0 amide bonds. The van der Waals surface area contributed by atoms with Crippen LogP contribution in [0, 0.1) is 11.3 Å². The van der Waals surface area contributed by atoms with Crippen molar-refractivity contribution in [3.63, 3.8) is 0 Å². The Morgan fingerprint density at radius 2 is 2.14 bits per heavy atom. The largest absolute Gasteiger partial charge is 0.378 e. The van der Waals surface area contributed by atoms with Crippen LogP contribution in [0.1, 0.15) is 40.0 Å². The Balaban J connectivity index is 1.66. The first-order valence-corrected chi connectivity index (χ1v) is 5.93. The molecule has 14 heavy (non-hydrogen) atoms. The molecule has 0 aromatic heterocycles. The zero-order valence-electron chi connectivity index (χ0n) is 9.68. The van der Waals surface area contributed by atoms with Gasteiger partial charge in [0, 0.05) is 12.6 Å². The number of ether oxygens (including phenoxy) is 1. The highest BCUT2D eigenvalue weighted by molar-refractivity contribution is 4.96. The lowest BCUT2D eigenvalue weighted by molar-refractivity contribution is 0.0131. The Bertz CT molecular complexity index is 202. The SMILES string of the molecule is CC1CC(NCC2CC2(C)C)CCO1. The first-order valence-electron chi connectivity index (χ1n) is 5.93. The van der Waals surface area contributed by atoms with Crippen molar-refractivity contribution in [2.24, 2.45) is 11.3 Å². The Morgan fingerprint density at radius 1 is 1.43 bits per heavy atom. The monoisotopic (exact) mass is 197 g/mol. The summed E-state index contributed by atoms with van der Waals surface area (Å²) < 4.78 is 5.53. The van der Waals surface area contributed by atoms with E-state index in [1.165, 1.54) is 25.8 Å². The van der Waals surface area contributed by atoms with Crippen LogP contribution < -0.4 is 5.32 Å². The van der Waals surface area contributed by atoms with E-state index >= 15 is 0 Å². The zero-order chi connectivity index (χ0) is 10.2. The van der Waals surface area contributed by atoms with Crippen molar-refractivity contribution in [2.75, 3.05) is 13.2 Å². The summed E-state index contributed by atoms with van der Waals surface area (Å²) in [4.78, 5) is 0. The molecule has 1 N–H and O–H groups in total. The van der Waals surface area contributed by atoms with E-state index < -0.39 is 0 Å². The summed E-state index contributed by atoms with van der Waals surface area (Å²) in [5, 5.41) is 3.69. The van der Waals surface area contributed by atoms with E-state index in [-0.39, 0.29) is 0 Å². The fraction of sp³-hybridized carbons (Fsp3) is 1.00. The maximum Gasteiger partial charge on any atom is 0.0561 e. The van der Waals surface area contributed by atoms with Gasteiger partial charge in [-0.1, -0.05) is 13.8 Å². The Hall–Kier alpha value is -0.0800. The third kappa shape index (κ3) is 2.48.